The number of amides is 1. The molecule has 1 N–H and O–H groups in total. The minimum Gasteiger partial charge on any atom is -0.491 e. The summed E-state index contributed by atoms with van der Waals surface area (Å²) in [6.07, 6.45) is 0. The Morgan fingerprint density at radius 1 is 0.838 bits per heavy atom. The van der Waals surface area contributed by atoms with Gasteiger partial charge in [0.15, 0.2) is 5.82 Å². The van der Waals surface area contributed by atoms with E-state index >= 15 is 0 Å². The second-order valence-electron chi connectivity index (χ2n) is 7.47. The maximum Gasteiger partial charge on any atom is 0.251 e. The lowest BCUT2D eigenvalue weighted by atomic mass is 10.2. The van der Waals surface area contributed by atoms with Crippen molar-refractivity contribution in [3.8, 4) is 17.1 Å². The van der Waals surface area contributed by atoms with Crippen LogP contribution in [0.2, 0.25) is 0 Å². The van der Waals surface area contributed by atoms with Gasteiger partial charge in [0.25, 0.3) is 5.91 Å². The normalized spacial score (nSPS) is 10.5. The standard InChI is InChI=1S/C24H28N8O5/c1-18-27-30-23(31-28-18)19-4-8-22(9-5-19)37-17-16-36-15-14-35-13-12-34-11-10-26-24(33)20-2-6-21(7-3-20)29-32-25/h2-9H,10-17H2,1H3,(H,26,33). The monoisotopic (exact) mass is 508 g/mol. The molecule has 0 unspecified atom stereocenters. The third-order valence-corrected chi connectivity index (χ3v) is 4.75. The average Bonchev–Trinajstić information content (AvgIpc) is 2.92. The Hall–Kier alpha value is -4.16. The predicted molar refractivity (Wildman–Crippen MR) is 133 cm³/mol. The Morgan fingerprint density at radius 2 is 1.43 bits per heavy atom. The first-order valence-electron chi connectivity index (χ1n) is 11.6. The molecule has 0 aliphatic carbocycles. The SMILES string of the molecule is Cc1nnc(-c2ccc(OCCOCCOCCOCCNC(=O)c3ccc(N=[N+]=[N-])cc3)cc2)nn1. The van der Waals surface area contributed by atoms with Crippen LogP contribution in [0.15, 0.2) is 53.6 Å². The zero-order valence-electron chi connectivity index (χ0n) is 20.4. The van der Waals surface area contributed by atoms with Crippen molar-refractivity contribution in [2.45, 2.75) is 6.92 Å². The van der Waals surface area contributed by atoms with Gasteiger partial charge in [-0.1, -0.05) is 17.2 Å². The van der Waals surface area contributed by atoms with Gasteiger partial charge in [0.05, 0.1) is 39.6 Å². The summed E-state index contributed by atoms with van der Waals surface area (Å²) in [7, 11) is 0. The highest BCUT2D eigenvalue weighted by molar-refractivity contribution is 5.94. The number of hydrogen-bond donors (Lipinski definition) is 1. The van der Waals surface area contributed by atoms with Crippen molar-refractivity contribution in [3.63, 3.8) is 0 Å². The van der Waals surface area contributed by atoms with Crippen LogP contribution >= 0.6 is 0 Å². The van der Waals surface area contributed by atoms with Crippen molar-refractivity contribution in [3.05, 3.63) is 70.4 Å². The molecule has 0 saturated heterocycles. The van der Waals surface area contributed by atoms with Crippen LogP contribution in [0, 0.1) is 6.92 Å². The van der Waals surface area contributed by atoms with Crippen LogP contribution in [-0.2, 0) is 14.2 Å². The van der Waals surface area contributed by atoms with E-state index in [0.717, 1.165) is 5.56 Å². The first-order chi connectivity index (χ1) is 18.2. The number of aryl methyl sites for hydroxylation is 1. The molecular weight excluding hydrogens is 480 g/mol. The third kappa shape index (κ3) is 10.2. The van der Waals surface area contributed by atoms with Gasteiger partial charge >= 0.3 is 0 Å². The Kier molecular flexibility index (Phi) is 11.7. The molecule has 0 fully saturated rings. The van der Waals surface area contributed by atoms with Crippen molar-refractivity contribution < 1.29 is 23.7 Å². The number of carbonyl (C=O) groups excluding carboxylic acids is 1. The minimum atomic E-state index is -0.225. The van der Waals surface area contributed by atoms with E-state index in [2.05, 4.69) is 35.7 Å². The van der Waals surface area contributed by atoms with Gasteiger partial charge in [-0.25, -0.2) is 0 Å². The molecule has 0 atom stereocenters. The fourth-order valence-corrected chi connectivity index (χ4v) is 2.93. The molecule has 1 amide bonds. The van der Waals surface area contributed by atoms with Crippen LogP contribution < -0.4 is 10.1 Å². The van der Waals surface area contributed by atoms with E-state index in [4.69, 9.17) is 24.5 Å². The number of rotatable bonds is 16. The van der Waals surface area contributed by atoms with Crippen molar-refractivity contribution in [2.75, 3.05) is 52.8 Å². The topological polar surface area (TPSA) is 166 Å². The molecule has 13 nitrogen and oxygen atoms in total. The molecule has 1 heterocycles. The van der Waals surface area contributed by atoms with E-state index < -0.39 is 0 Å². The summed E-state index contributed by atoms with van der Waals surface area (Å²) in [6.45, 7) is 5.05. The van der Waals surface area contributed by atoms with E-state index in [1.54, 1.807) is 31.2 Å². The summed E-state index contributed by atoms with van der Waals surface area (Å²) in [5.74, 6) is 1.48. The van der Waals surface area contributed by atoms with Gasteiger partial charge in [0.1, 0.15) is 12.4 Å². The van der Waals surface area contributed by atoms with Gasteiger partial charge in [-0.15, -0.1) is 20.4 Å². The van der Waals surface area contributed by atoms with Crippen molar-refractivity contribution in [1.82, 2.24) is 25.7 Å². The quantitative estimate of drug-likeness (QED) is 0.132. The number of azide groups is 1. The number of ether oxygens (including phenoxy) is 4. The molecule has 0 radical (unpaired) electrons. The highest BCUT2D eigenvalue weighted by atomic mass is 16.6. The zero-order valence-corrected chi connectivity index (χ0v) is 20.4. The van der Waals surface area contributed by atoms with Crippen LogP contribution in [0.3, 0.4) is 0 Å². The highest BCUT2D eigenvalue weighted by Crippen LogP contribution is 2.18. The summed E-state index contributed by atoms with van der Waals surface area (Å²) < 4.78 is 22.0. The molecule has 37 heavy (non-hydrogen) atoms. The van der Waals surface area contributed by atoms with Gasteiger partial charge in [-0.05, 0) is 48.9 Å². The summed E-state index contributed by atoms with van der Waals surface area (Å²) in [4.78, 5) is 14.7. The van der Waals surface area contributed by atoms with Crippen molar-refractivity contribution in [1.29, 1.82) is 0 Å². The number of aromatic nitrogens is 4. The lowest BCUT2D eigenvalue weighted by Crippen LogP contribution is -2.27. The predicted octanol–water partition coefficient (Wildman–Crippen LogP) is 3.04. The molecule has 1 aromatic heterocycles. The largest absolute Gasteiger partial charge is 0.491 e. The summed E-state index contributed by atoms with van der Waals surface area (Å²) in [6, 6.07) is 13.7. The zero-order chi connectivity index (χ0) is 26.1. The summed E-state index contributed by atoms with van der Waals surface area (Å²) in [5.41, 5.74) is 10.1. The second kappa shape index (κ2) is 15.8. The number of benzene rings is 2. The van der Waals surface area contributed by atoms with E-state index in [0.29, 0.717) is 81.4 Å². The van der Waals surface area contributed by atoms with E-state index in [1.165, 1.54) is 0 Å². The number of hydrogen-bond acceptors (Lipinski definition) is 10. The molecule has 0 aliphatic heterocycles. The molecular formula is C24H28N8O5. The van der Waals surface area contributed by atoms with Gasteiger partial charge in [-0.3, -0.25) is 4.79 Å². The molecule has 3 aromatic rings. The van der Waals surface area contributed by atoms with Gasteiger partial charge in [0, 0.05) is 28.3 Å². The molecule has 0 saturated carbocycles. The Bertz CT molecular complexity index is 1140. The van der Waals surface area contributed by atoms with E-state index in [-0.39, 0.29) is 5.91 Å². The lowest BCUT2D eigenvalue weighted by molar-refractivity contribution is 0.00988. The molecule has 3 rings (SSSR count). The van der Waals surface area contributed by atoms with Gasteiger partial charge < -0.3 is 24.3 Å². The number of nitrogens with one attached hydrogen (secondary N) is 1. The van der Waals surface area contributed by atoms with E-state index in [9.17, 15) is 4.79 Å². The molecule has 0 aliphatic rings. The van der Waals surface area contributed by atoms with Gasteiger partial charge in [0.2, 0.25) is 5.82 Å². The summed E-state index contributed by atoms with van der Waals surface area (Å²) >= 11 is 0. The molecule has 13 heteroatoms. The van der Waals surface area contributed by atoms with Crippen molar-refractivity contribution in [2.24, 2.45) is 5.11 Å². The third-order valence-electron chi connectivity index (χ3n) is 4.75. The summed E-state index contributed by atoms with van der Waals surface area (Å²) in [5, 5.41) is 22.0. The maximum absolute atomic E-state index is 12.0. The first kappa shape index (κ1) is 27.4. The van der Waals surface area contributed by atoms with Crippen LogP contribution in [-0.4, -0.2) is 79.1 Å². The van der Waals surface area contributed by atoms with Crippen LogP contribution in [0.4, 0.5) is 5.69 Å². The maximum atomic E-state index is 12.0. The molecule has 194 valence electrons. The highest BCUT2D eigenvalue weighted by Gasteiger charge is 2.05. The Morgan fingerprint density at radius 3 is 2.05 bits per heavy atom. The molecule has 0 spiro atoms. The second-order valence-corrected chi connectivity index (χ2v) is 7.47. The minimum absolute atomic E-state index is 0.225. The van der Waals surface area contributed by atoms with Gasteiger partial charge in [-0.2, -0.15) is 0 Å². The lowest BCUT2D eigenvalue weighted by Gasteiger charge is -2.09. The molecule has 0 bridgehead atoms. The van der Waals surface area contributed by atoms with Crippen LogP contribution in [0.1, 0.15) is 16.2 Å². The Balaban J connectivity index is 1.13. The fourth-order valence-electron chi connectivity index (χ4n) is 2.93. The average molecular weight is 509 g/mol. The number of nitrogens with zero attached hydrogens (tertiary/aromatic N) is 7. The number of carbonyl (C=O) groups is 1. The fraction of sp³-hybridized carbons (Fsp3) is 0.375. The Labute approximate surface area is 213 Å². The van der Waals surface area contributed by atoms with Crippen LogP contribution in [0.25, 0.3) is 21.8 Å². The smallest absolute Gasteiger partial charge is 0.251 e. The van der Waals surface area contributed by atoms with E-state index in [1.807, 2.05) is 24.3 Å². The van der Waals surface area contributed by atoms with Crippen LogP contribution in [0.5, 0.6) is 5.75 Å². The van der Waals surface area contributed by atoms with Crippen molar-refractivity contribution >= 4 is 11.6 Å². The first-order valence-corrected chi connectivity index (χ1v) is 11.6. The molecule has 2 aromatic carbocycles.